The van der Waals surface area contributed by atoms with E-state index in [-0.39, 0.29) is 18.1 Å². The molecular formula is C22H27ClN2O2. The van der Waals surface area contributed by atoms with E-state index in [1.165, 1.54) is 11.1 Å². The van der Waals surface area contributed by atoms with Crippen LogP contribution < -0.4 is 5.32 Å². The third-order valence-corrected chi connectivity index (χ3v) is 5.88. The second kappa shape index (κ2) is 8.32. The Hall–Kier alpha value is -2.04. The summed E-state index contributed by atoms with van der Waals surface area (Å²) in [5.74, 6) is 0. The minimum atomic E-state index is -0.308. The van der Waals surface area contributed by atoms with E-state index in [4.69, 9.17) is 11.6 Å². The summed E-state index contributed by atoms with van der Waals surface area (Å²) < 4.78 is 0. The summed E-state index contributed by atoms with van der Waals surface area (Å²) >= 11 is 6.25. The van der Waals surface area contributed by atoms with Crippen molar-refractivity contribution in [2.75, 3.05) is 25.0 Å². The SMILES string of the molecule is Cc1ccccc1CC1(CO)CCCN(C(=O)Nc2c(C)cccc2Cl)C1. The molecule has 1 heterocycles. The predicted octanol–water partition coefficient (Wildman–Crippen LogP) is 4.81. The van der Waals surface area contributed by atoms with Crippen LogP contribution in [0.3, 0.4) is 0 Å². The number of hydrogen-bond donors (Lipinski definition) is 2. The summed E-state index contributed by atoms with van der Waals surface area (Å²) in [5.41, 5.74) is 3.73. The molecule has 0 saturated carbocycles. The van der Waals surface area contributed by atoms with Crippen LogP contribution in [0.4, 0.5) is 10.5 Å². The molecule has 4 nitrogen and oxygen atoms in total. The molecule has 0 aliphatic carbocycles. The standard InChI is InChI=1S/C22H27ClN2O2/c1-16-7-3-4-9-18(16)13-22(15-26)11-6-12-25(14-22)21(27)24-20-17(2)8-5-10-19(20)23/h3-5,7-10,26H,6,11-15H2,1-2H3,(H,24,27). The number of piperidine rings is 1. The molecule has 1 aliphatic heterocycles. The van der Waals surface area contributed by atoms with Gasteiger partial charge in [0.2, 0.25) is 0 Å². The van der Waals surface area contributed by atoms with Crippen LogP contribution in [0.5, 0.6) is 0 Å². The Labute approximate surface area is 166 Å². The first-order valence-corrected chi connectivity index (χ1v) is 9.78. The largest absolute Gasteiger partial charge is 0.396 e. The smallest absolute Gasteiger partial charge is 0.321 e. The number of carbonyl (C=O) groups is 1. The number of carbonyl (C=O) groups excluding carboxylic acids is 1. The molecule has 0 bridgehead atoms. The van der Waals surface area contributed by atoms with Gasteiger partial charge in [0.25, 0.3) is 0 Å². The molecule has 5 heteroatoms. The van der Waals surface area contributed by atoms with Crippen molar-refractivity contribution in [3.05, 3.63) is 64.2 Å². The van der Waals surface area contributed by atoms with Gasteiger partial charge in [-0.3, -0.25) is 0 Å². The van der Waals surface area contributed by atoms with Crippen LogP contribution in [0.1, 0.15) is 29.5 Å². The summed E-state index contributed by atoms with van der Waals surface area (Å²) in [7, 11) is 0. The second-order valence-corrected chi connectivity index (χ2v) is 8.06. The second-order valence-electron chi connectivity index (χ2n) is 7.65. The zero-order valence-electron chi connectivity index (χ0n) is 16.0. The number of para-hydroxylation sites is 1. The van der Waals surface area contributed by atoms with E-state index in [9.17, 15) is 9.90 Å². The summed E-state index contributed by atoms with van der Waals surface area (Å²) in [4.78, 5) is 14.7. The summed E-state index contributed by atoms with van der Waals surface area (Å²) in [6.45, 7) is 5.30. The van der Waals surface area contributed by atoms with Gasteiger partial charge in [0.1, 0.15) is 0 Å². The van der Waals surface area contributed by atoms with Gasteiger partial charge in [-0.1, -0.05) is 48.0 Å². The highest BCUT2D eigenvalue weighted by molar-refractivity contribution is 6.33. The lowest BCUT2D eigenvalue weighted by Gasteiger charge is -2.42. The van der Waals surface area contributed by atoms with Crippen LogP contribution in [-0.4, -0.2) is 35.7 Å². The quantitative estimate of drug-likeness (QED) is 0.792. The molecule has 2 aromatic carbocycles. The Morgan fingerprint density at radius 2 is 1.93 bits per heavy atom. The third kappa shape index (κ3) is 4.45. The number of nitrogens with one attached hydrogen (secondary N) is 1. The van der Waals surface area contributed by atoms with E-state index >= 15 is 0 Å². The van der Waals surface area contributed by atoms with Crippen molar-refractivity contribution >= 4 is 23.3 Å². The Morgan fingerprint density at radius 1 is 1.19 bits per heavy atom. The number of nitrogens with zero attached hydrogens (tertiary/aromatic N) is 1. The topological polar surface area (TPSA) is 52.6 Å². The van der Waals surface area contributed by atoms with Gasteiger partial charge in [-0.2, -0.15) is 0 Å². The lowest BCUT2D eigenvalue weighted by molar-refractivity contribution is 0.0499. The number of rotatable bonds is 4. The minimum Gasteiger partial charge on any atom is -0.396 e. The number of halogens is 1. The molecule has 1 fully saturated rings. The zero-order valence-corrected chi connectivity index (χ0v) is 16.7. The maximum atomic E-state index is 12.9. The summed E-state index contributed by atoms with van der Waals surface area (Å²) in [6, 6.07) is 13.7. The molecular weight excluding hydrogens is 360 g/mol. The van der Waals surface area contributed by atoms with Crippen LogP contribution in [0.25, 0.3) is 0 Å². The molecule has 2 aromatic rings. The van der Waals surface area contributed by atoms with Crippen molar-refractivity contribution < 1.29 is 9.90 Å². The first-order chi connectivity index (χ1) is 12.9. The molecule has 144 valence electrons. The molecule has 0 spiro atoms. The Kier molecular flexibility index (Phi) is 6.08. The Morgan fingerprint density at radius 3 is 2.63 bits per heavy atom. The highest BCUT2D eigenvalue weighted by Crippen LogP contribution is 2.35. The number of likely N-dealkylation sites (tertiary alicyclic amines) is 1. The van der Waals surface area contributed by atoms with Crippen LogP contribution in [-0.2, 0) is 6.42 Å². The van der Waals surface area contributed by atoms with Crippen LogP contribution in [0.15, 0.2) is 42.5 Å². The van der Waals surface area contributed by atoms with Crippen LogP contribution in [0, 0.1) is 19.3 Å². The maximum absolute atomic E-state index is 12.9. The monoisotopic (exact) mass is 386 g/mol. The van der Waals surface area contributed by atoms with Crippen LogP contribution >= 0.6 is 11.6 Å². The fourth-order valence-electron chi connectivity index (χ4n) is 3.90. The Balaban J connectivity index is 1.75. The van der Waals surface area contributed by atoms with Gasteiger partial charge < -0.3 is 15.3 Å². The number of aliphatic hydroxyl groups excluding tert-OH is 1. The average molecular weight is 387 g/mol. The lowest BCUT2D eigenvalue weighted by Crippen LogP contribution is -2.50. The molecule has 2 N–H and O–H groups in total. The van der Waals surface area contributed by atoms with Crippen molar-refractivity contribution in [2.45, 2.75) is 33.1 Å². The van der Waals surface area contributed by atoms with E-state index < -0.39 is 0 Å². The van der Waals surface area contributed by atoms with Gasteiger partial charge in [0.15, 0.2) is 0 Å². The normalized spacial score (nSPS) is 19.8. The van der Waals surface area contributed by atoms with E-state index in [1.807, 2.05) is 31.2 Å². The highest BCUT2D eigenvalue weighted by atomic mass is 35.5. The van der Waals surface area contributed by atoms with Gasteiger partial charge in [-0.25, -0.2) is 4.79 Å². The third-order valence-electron chi connectivity index (χ3n) is 5.56. The van der Waals surface area contributed by atoms with E-state index in [1.54, 1.807) is 11.0 Å². The number of urea groups is 1. The number of amides is 2. The molecule has 1 unspecified atom stereocenters. The molecule has 0 aromatic heterocycles. The lowest BCUT2D eigenvalue weighted by atomic mass is 9.75. The molecule has 1 aliphatic rings. The number of aliphatic hydroxyl groups is 1. The van der Waals surface area contributed by atoms with Crippen molar-refractivity contribution in [2.24, 2.45) is 5.41 Å². The summed E-state index contributed by atoms with van der Waals surface area (Å²) in [6.07, 6.45) is 2.55. The maximum Gasteiger partial charge on any atom is 0.321 e. The fourth-order valence-corrected chi connectivity index (χ4v) is 4.17. The van der Waals surface area contributed by atoms with Gasteiger partial charge in [0.05, 0.1) is 17.3 Å². The fraction of sp³-hybridized carbons (Fsp3) is 0.409. The van der Waals surface area contributed by atoms with E-state index in [0.717, 1.165) is 24.8 Å². The van der Waals surface area contributed by atoms with Crippen LogP contribution in [0.2, 0.25) is 5.02 Å². The Bertz CT molecular complexity index is 803. The molecule has 1 atom stereocenters. The molecule has 3 rings (SSSR count). The van der Waals surface area contributed by atoms with Crippen molar-refractivity contribution in [3.63, 3.8) is 0 Å². The van der Waals surface area contributed by atoms with Gasteiger partial charge in [-0.05, 0) is 55.9 Å². The van der Waals surface area contributed by atoms with Crippen molar-refractivity contribution in [3.8, 4) is 0 Å². The number of benzene rings is 2. The first kappa shape index (κ1) is 19.7. The molecule has 2 amide bonds. The number of aryl methyl sites for hydroxylation is 2. The number of anilines is 1. The highest BCUT2D eigenvalue weighted by Gasteiger charge is 2.37. The summed E-state index contributed by atoms with van der Waals surface area (Å²) in [5, 5.41) is 13.7. The van der Waals surface area contributed by atoms with Gasteiger partial charge in [-0.15, -0.1) is 0 Å². The first-order valence-electron chi connectivity index (χ1n) is 9.40. The zero-order chi connectivity index (χ0) is 19.4. The number of hydrogen-bond acceptors (Lipinski definition) is 2. The minimum absolute atomic E-state index is 0.0657. The van der Waals surface area contributed by atoms with Gasteiger partial charge in [0, 0.05) is 18.5 Å². The molecule has 1 saturated heterocycles. The van der Waals surface area contributed by atoms with Gasteiger partial charge >= 0.3 is 6.03 Å². The van der Waals surface area contributed by atoms with E-state index in [2.05, 4.69) is 24.4 Å². The van der Waals surface area contributed by atoms with Crippen molar-refractivity contribution in [1.29, 1.82) is 0 Å². The average Bonchev–Trinajstić information content (AvgIpc) is 2.67. The molecule has 27 heavy (non-hydrogen) atoms. The predicted molar refractivity (Wildman–Crippen MR) is 110 cm³/mol. The van der Waals surface area contributed by atoms with E-state index in [0.29, 0.717) is 23.8 Å². The van der Waals surface area contributed by atoms with Crippen molar-refractivity contribution in [1.82, 2.24) is 4.90 Å². The molecule has 0 radical (unpaired) electrons.